The molecule has 0 saturated carbocycles. The van der Waals surface area contributed by atoms with Crippen LogP contribution in [0.3, 0.4) is 0 Å². The Morgan fingerprint density at radius 3 is 2.46 bits per heavy atom. The number of ketones is 1. The van der Waals surface area contributed by atoms with E-state index in [2.05, 4.69) is 28.6 Å². The highest BCUT2D eigenvalue weighted by atomic mass is 32.2. The standard InChI is InChI=1S/C23H21NO2S2/c25-23(18-28(26)22-10-4-1-5-11-22)19-12-14-20(15-13-19)24-16-6-2-3-8-21-9-7-17-27-21/h1,4-5,7,9-15,17,24H,6,8,16,18H2. The molecule has 0 aliphatic heterocycles. The van der Waals surface area contributed by atoms with Crippen molar-refractivity contribution in [1.29, 1.82) is 0 Å². The van der Waals surface area contributed by atoms with Crippen LogP contribution in [0.5, 0.6) is 0 Å². The number of anilines is 1. The molecule has 3 rings (SSSR count). The monoisotopic (exact) mass is 407 g/mol. The van der Waals surface area contributed by atoms with Gasteiger partial charge in [0.05, 0.1) is 16.6 Å². The van der Waals surface area contributed by atoms with Crippen molar-refractivity contribution in [3.8, 4) is 11.8 Å². The second-order valence-corrected chi connectivity index (χ2v) is 8.57. The molecule has 0 fully saturated rings. The van der Waals surface area contributed by atoms with E-state index in [0.29, 0.717) is 10.5 Å². The molecule has 28 heavy (non-hydrogen) atoms. The zero-order valence-corrected chi connectivity index (χ0v) is 17.0. The first-order valence-electron chi connectivity index (χ1n) is 9.01. The van der Waals surface area contributed by atoms with Gasteiger partial charge in [0.2, 0.25) is 0 Å². The van der Waals surface area contributed by atoms with E-state index in [9.17, 15) is 9.00 Å². The molecule has 5 heteroatoms. The van der Waals surface area contributed by atoms with Crippen molar-refractivity contribution in [3.05, 3.63) is 82.6 Å². The summed E-state index contributed by atoms with van der Waals surface area (Å²) in [5, 5.41) is 5.36. The number of benzene rings is 2. The number of thiophene rings is 1. The normalized spacial score (nSPS) is 11.3. The highest BCUT2D eigenvalue weighted by Gasteiger charge is 2.12. The van der Waals surface area contributed by atoms with Crippen molar-refractivity contribution in [3.63, 3.8) is 0 Å². The molecule has 1 atom stereocenters. The van der Waals surface area contributed by atoms with Crippen molar-refractivity contribution in [2.24, 2.45) is 0 Å². The number of hydrogen-bond acceptors (Lipinski definition) is 4. The Bertz CT molecular complexity index is 969. The van der Waals surface area contributed by atoms with E-state index in [0.717, 1.165) is 25.1 Å². The van der Waals surface area contributed by atoms with Crippen LogP contribution in [0.4, 0.5) is 5.69 Å². The van der Waals surface area contributed by atoms with Crippen molar-refractivity contribution >= 4 is 33.6 Å². The summed E-state index contributed by atoms with van der Waals surface area (Å²) in [5.74, 6) is 6.22. The van der Waals surface area contributed by atoms with Crippen molar-refractivity contribution < 1.29 is 9.00 Å². The SMILES string of the molecule is O=C(CS(=O)c1ccccc1)c1ccc(NCCC#CCc2cccs2)cc1. The number of hydrogen-bond donors (Lipinski definition) is 1. The number of Topliss-reactive ketones (excluding diaryl/α,β-unsaturated/α-hetero) is 1. The van der Waals surface area contributed by atoms with Gasteiger partial charge in [-0.05, 0) is 47.8 Å². The largest absolute Gasteiger partial charge is 0.384 e. The third-order valence-corrected chi connectivity index (χ3v) is 6.22. The van der Waals surface area contributed by atoms with E-state index in [4.69, 9.17) is 0 Å². The molecule has 1 unspecified atom stereocenters. The van der Waals surface area contributed by atoms with Crippen LogP contribution < -0.4 is 5.32 Å². The minimum Gasteiger partial charge on any atom is -0.384 e. The number of nitrogens with one attached hydrogen (secondary N) is 1. The van der Waals surface area contributed by atoms with Crippen LogP contribution in [-0.4, -0.2) is 22.3 Å². The van der Waals surface area contributed by atoms with Gasteiger partial charge >= 0.3 is 0 Å². The summed E-state index contributed by atoms with van der Waals surface area (Å²) >= 11 is 1.72. The molecule has 0 amide bonds. The first-order valence-corrected chi connectivity index (χ1v) is 11.2. The van der Waals surface area contributed by atoms with E-state index in [1.165, 1.54) is 4.88 Å². The van der Waals surface area contributed by atoms with E-state index in [-0.39, 0.29) is 11.5 Å². The second kappa shape index (κ2) is 10.6. The molecule has 3 nitrogen and oxygen atoms in total. The maximum Gasteiger partial charge on any atom is 0.175 e. The molecular formula is C23H21NO2S2. The van der Waals surface area contributed by atoms with Crippen molar-refractivity contribution in [1.82, 2.24) is 0 Å². The average Bonchev–Trinajstić information content (AvgIpc) is 3.25. The zero-order chi connectivity index (χ0) is 19.6. The molecule has 1 N–H and O–H groups in total. The molecule has 0 saturated heterocycles. The van der Waals surface area contributed by atoms with E-state index in [1.54, 1.807) is 35.6 Å². The van der Waals surface area contributed by atoms with Crippen molar-refractivity contribution in [2.45, 2.75) is 17.7 Å². The van der Waals surface area contributed by atoms with Gasteiger partial charge in [0.25, 0.3) is 0 Å². The molecule has 2 aromatic carbocycles. The third kappa shape index (κ3) is 6.19. The van der Waals surface area contributed by atoms with Crippen LogP contribution in [0.2, 0.25) is 0 Å². The molecule has 0 aliphatic rings. The summed E-state index contributed by atoms with van der Waals surface area (Å²) < 4.78 is 12.3. The van der Waals surface area contributed by atoms with Gasteiger partial charge in [-0.2, -0.15) is 0 Å². The van der Waals surface area contributed by atoms with Gasteiger partial charge < -0.3 is 5.32 Å². The molecule has 0 radical (unpaired) electrons. The van der Waals surface area contributed by atoms with E-state index in [1.807, 2.05) is 36.4 Å². The summed E-state index contributed by atoms with van der Waals surface area (Å²) in [7, 11) is -1.32. The Hall–Kier alpha value is -2.68. The Balaban J connectivity index is 1.43. The Morgan fingerprint density at radius 2 is 1.75 bits per heavy atom. The van der Waals surface area contributed by atoms with Gasteiger partial charge in [-0.1, -0.05) is 30.2 Å². The summed E-state index contributed by atoms with van der Waals surface area (Å²) in [6.45, 7) is 0.753. The molecule has 3 aromatic rings. The van der Waals surface area contributed by atoms with Gasteiger partial charge in [-0.25, -0.2) is 0 Å². The average molecular weight is 408 g/mol. The Labute approximate surface area is 172 Å². The first-order chi connectivity index (χ1) is 13.7. The predicted molar refractivity (Wildman–Crippen MR) is 117 cm³/mol. The highest BCUT2D eigenvalue weighted by Crippen LogP contribution is 2.13. The fraction of sp³-hybridized carbons (Fsp3) is 0.174. The van der Waals surface area contributed by atoms with Crippen molar-refractivity contribution in [2.75, 3.05) is 17.6 Å². The quantitative estimate of drug-likeness (QED) is 0.332. The predicted octanol–water partition coefficient (Wildman–Crippen LogP) is 4.79. The van der Waals surface area contributed by atoms with Gasteiger partial charge in [0, 0.05) is 40.4 Å². The van der Waals surface area contributed by atoms with Crippen LogP contribution in [-0.2, 0) is 17.2 Å². The van der Waals surface area contributed by atoms with Crippen LogP contribution in [0, 0.1) is 11.8 Å². The Kier molecular flexibility index (Phi) is 7.60. The second-order valence-electron chi connectivity index (χ2n) is 6.09. The number of carbonyl (C=O) groups is 1. The smallest absolute Gasteiger partial charge is 0.175 e. The number of carbonyl (C=O) groups excluding carboxylic acids is 1. The minimum absolute atomic E-state index is 0.00335. The minimum atomic E-state index is -1.32. The molecule has 0 bridgehead atoms. The summed E-state index contributed by atoms with van der Waals surface area (Å²) in [5.41, 5.74) is 1.52. The van der Waals surface area contributed by atoms with E-state index >= 15 is 0 Å². The Morgan fingerprint density at radius 1 is 0.964 bits per heavy atom. The lowest BCUT2D eigenvalue weighted by molar-refractivity contribution is 0.102. The van der Waals surface area contributed by atoms with Crippen LogP contribution >= 0.6 is 11.3 Å². The molecular weight excluding hydrogens is 386 g/mol. The fourth-order valence-electron chi connectivity index (χ4n) is 2.55. The summed E-state index contributed by atoms with van der Waals surface area (Å²) in [6.07, 6.45) is 1.57. The fourth-order valence-corrected chi connectivity index (χ4v) is 4.23. The maximum atomic E-state index is 12.3. The van der Waals surface area contributed by atoms with Crippen LogP contribution in [0.25, 0.3) is 0 Å². The molecule has 1 heterocycles. The van der Waals surface area contributed by atoms with Gasteiger partial charge in [-0.15, -0.1) is 17.3 Å². The lowest BCUT2D eigenvalue weighted by Crippen LogP contribution is -2.11. The molecule has 0 aliphatic carbocycles. The topological polar surface area (TPSA) is 46.2 Å². The van der Waals surface area contributed by atoms with Crippen LogP contribution in [0.1, 0.15) is 21.7 Å². The van der Waals surface area contributed by atoms with Gasteiger partial charge in [-0.3, -0.25) is 9.00 Å². The third-order valence-electron chi connectivity index (χ3n) is 4.02. The molecule has 1 aromatic heterocycles. The number of rotatable bonds is 8. The summed E-state index contributed by atoms with van der Waals surface area (Å²) in [4.78, 5) is 14.3. The van der Waals surface area contributed by atoms with Gasteiger partial charge in [0.15, 0.2) is 5.78 Å². The highest BCUT2D eigenvalue weighted by molar-refractivity contribution is 7.85. The van der Waals surface area contributed by atoms with Crippen LogP contribution in [0.15, 0.2) is 77.0 Å². The first kappa shape index (κ1) is 20.1. The maximum absolute atomic E-state index is 12.3. The lowest BCUT2D eigenvalue weighted by Gasteiger charge is -2.06. The molecule has 142 valence electrons. The van der Waals surface area contributed by atoms with E-state index < -0.39 is 10.8 Å². The molecule has 0 spiro atoms. The lowest BCUT2D eigenvalue weighted by atomic mass is 10.1. The zero-order valence-electron chi connectivity index (χ0n) is 15.4. The van der Waals surface area contributed by atoms with Gasteiger partial charge in [0.1, 0.15) is 0 Å². The summed E-state index contributed by atoms with van der Waals surface area (Å²) in [6, 6.07) is 20.5.